The van der Waals surface area contributed by atoms with E-state index < -0.39 is 6.10 Å². The average molecular weight is 280 g/mol. The summed E-state index contributed by atoms with van der Waals surface area (Å²) in [5.74, 6) is 0.739. The highest BCUT2D eigenvalue weighted by Gasteiger charge is 2.14. The lowest BCUT2D eigenvalue weighted by Crippen LogP contribution is -2.08. The predicted molar refractivity (Wildman–Crippen MR) is 61.0 cm³/mol. The molecule has 0 saturated heterocycles. The molecule has 0 aromatic heterocycles. The number of halogens is 2. The van der Waals surface area contributed by atoms with Crippen LogP contribution in [-0.2, 0) is 0 Å². The highest BCUT2D eigenvalue weighted by Crippen LogP contribution is 2.29. The summed E-state index contributed by atoms with van der Waals surface area (Å²) in [7, 11) is 1.60. The van der Waals surface area contributed by atoms with Gasteiger partial charge in [0, 0.05) is 0 Å². The molecule has 1 aromatic rings. The second-order valence-electron chi connectivity index (χ2n) is 3.02. The van der Waals surface area contributed by atoms with Gasteiger partial charge in [-0.15, -0.1) is 11.6 Å². The van der Waals surface area contributed by atoms with Crippen LogP contribution in [0.4, 0.5) is 0 Å². The van der Waals surface area contributed by atoms with Crippen molar-refractivity contribution in [1.82, 2.24) is 0 Å². The molecule has 0 heterocycles. The molecule has 0 aliphatic rings. The lowest BCUT2D eigenvalue weighted by Gasteiger charge is -2.14. The number of hydrogen-bond acceptors (Lipinski definition) is 2. The van der Waals surface area contributed by atoms with Crippen LogP contribution < -0.4 is 4.74 Å². The Labute approximate surface area is 97.0 Å². The Kier molecular flexibility index (Phi) is 4.23. The molecule has 0 bridgehead atoms. The molecule has 1 N–H and O–H groups in total. The van der Waals surface area contributed by atoms with Crippen LogP contribution in [0.3, 0.4) is 0 Å². The minimum Gasteiger partial charge on any atom is -0.496 e. The molecule has 14 heavy (non-hydrogen) atoms. The molecule has 0 aliphatic heterocycles. The Bertz CT molecular complexity index is 315. The monoisotopic (exact) mass is 278 g/mol. The highest BCUT2D eigenvalue weighted by molar-refractivity contribution is 9.10. The first-order chi connectivity index (χ1) is 6.56. The summed E-state index contributed by atoms with van der Waals surface area (Å²) >= 11 is 9.14. The van der Waals surface area contributed by atoms with Gasteiger partial charge in [-0.1, -0.05) is 6.07 Å². The number of methoxy groups -OCH3 is 1. The van der Waals surface area contributed by atoms with Crippen LogP contribution in [0.25, 0.3) is 0 Å². The first kappa shape index (κ1) is 11.8. The Hall–Kier alpha value is -0.250. The maximum Gasteiger partial charge on any atom is 0.133 e. The van der Waals surface area contributed by atoms with E-state index in [-0.39, 0.29) is 5.38 Å². The van der Waals surface area contributed by atoms with Crippen molar-refractivity contribution in [2.75, 3.05) is 7.11 Å². The number of benzene rings is 1. The standard InChI is InChI=1S/C10H12BrClO2/c1-6(12)10(13)7-3-4-9(14-2)8(11)5-7/h3-6,10,13H,1-2H3. The molecule has 2 nitrogen and oxygen atoms in total. The van der Waals surface area contributed by atoms with E-state index in [4.69, 9.17) is 16.3 Å². The molecule has 0 amide bonds. The van der Waals surface area contributed by atoms with Crippen molar-refractivity contribution in [3.8, 4) is 5.75 Å². The molecule has 0 spiro atoms. The van der Waals surface area contributed by atoms with Gasteiger partial charge in [0.05, 0.1) is 23.1 Å². The molecule has 0 saturated carbocycles. The van der Waals surface area contributed by atoms with E-state index in [2.05, 4.69) is 15.9 Å². The van der Waals surface area contributed by atoms with Gasteiger partial charge < -0.3 is 9.84 Å². The van der Waals surface area contributed by atoms with Gasteiger partial charge in [-0.2, -0.15) is 0 Å². The smallest absolute Gasteiger partial charge is 0.133 e. The van der Waals surface area contributed by atoms with Crippen molar-refractivity contribution in [2.24, 2.45) is 0 Å². The number of aliphatic hydroxyl groups is 1. The number of rotatable bonds is 3. The van der Waals surface area contributed by atoms with Crippen LogP contribution in [0.15, 0.2) is 22.7 Å². The molecule has 1 aromatic carbocycles. The van der Waals surface area contributed by atoms with Gasteiger partial charge in [-0.3, -0.25) is 0 Å². The predicted octanol–water partition coefficient (Wildman–Crippen LogP) is 3.12. The van der Waals surface area contributed by atoms with Crippen LogP contribution in [0.5, 0.6) is 5.75 Å². The lowest BCUT2D eigenvalue weighted by molar-refractivity contribution is 0.177. The molecule has 2 atom stereocenters. The first-order valence-electron chi connectivity index (χ1n) is 4.22. The zero-order valence-electron chi connectivity index (χ0n) is 8.00. The van der Waals surface area contributed by atoms with Gasteiger partial charge in [0.15, 0.2) is 0 Å². The van der Waals surface area contributed by atoms with Crippen LogP contribution >= 0.6 is 27.5 Å². The SMILES string of the molecule is COc1ccc(C(O)C(C)Cl)cc1Br. The van der Waals surface area contributed by atoms with Gasteiger partial charge in [-0.25, -0.2) is 0 Å². The fraction of sp³-hybridized carbons (Fsp3) is 0.400. The Balaban J connectivity index is 2.96. The van der Waals surface area contributed by atoms with Crippen molar-refractivity contribution in [1.29, 1.82) is 0 Å². The topological polar surface area (TPSA) is 29.5 Å². The van der Waals surface area contributed by atoms with E-state index in [0.29, 0.717) is 0 Å². The van der Waals surface area contributed by atoms with E-state index in [1.54, 1.807) is 26.2 Å². The molecule has 0 aliphatic carbocycles. The molecule has 1 rings (SSSR count). The van der Waals surface area contributed by atoms with Gasteiger partial charge in [0.2, 0.25) is 0 Å². The summed E-state index contributed by atoms with van der Waals surface area (Å²) in [6.07, 6.45) is -0.654. The Morgan fingerprint density at radius 1 is 1.50 bits per heavy atom. The number of aliphatic hydroxyl groups excluding tert-OH is 1. The lowest BCUT2D eigenvalue weighted by atomic mass is 10.1. The van der Waals surface area contributed by atoms with Crippen LogP contribution in [0.1, 0.15) is 18.6 Å². The normalized spacial score (nSPS) is 14.9. The molecule has 0 radical (unpaired) electrons. The van der Waals surface area contributed by atoms with Crippen molar-refractivity contribution in [2.45, 2.75) is 18.4 Å². The van der Waals surface area contributed by atoms with Gasteiger partial charge >= 0.3 is 0 Å². The van der Waals surface area contributed by atoms with Crippen molar-refractivity contribution < 1.29 is 9.84 Å². The minimum absolute atomic E-state index is 0.310. The van der Waals surface area contributed by atoms with Gasteiger partial charge in [0.25, 0.3) is 0 Å². The zero-order valence-corrected chi connectivity index (χ0v) is 10.3. The summed E-state index contributed by atoms with van der Waals surface area (Å²) in [5.41, 5.74) is 0.778. The summed E-state index contributed by atoms with van der Waals surface area (Å²) < 4.78 is 5.89. The van der Waals surface area contributed by atoms with Gasteiger partial charge in [-0.05, 0) is 40.5 Å². The van der Waals surface area contributed by atoms with Crippen molar-refractivity contribution in [3.05, 3.63) is 28.2 Å². The van der Waals surface area contributed by atoms with Gasteiger partial charge in [0.1, 0.15) is 5.75 Å². The fourth-order valence-corrected chi connectivity index (χ4v) is 1.84. The quantitative estimate of drug-likeness (QED) is 0.862. The third-order valence-electron chi connectivity index (χ3n) is 1.95. The van der Waals surface area contributed by atoms with E-state index in [1.807, 2.05) is 6.07 Å². The van der Waals surface area contributed by atoms with Crippen LogP contribution in [0, 0.1) is 0 Å². The number of alkyl halides is 1. The molecule has 78 valence electrons. The highest BCUT2D eigenvalue weighted by atomic mass is 79.9. The summed E-state index contributed by atoms with van der Waals surface area (Å²) in [6.45, 7) is 1.75. The van der Waals surface area contributed by atoms with E-state index >= 15 is 0 Å². The zero-order chi connectivity index (χ0) is 10.7. The van der Waals surface area contributed by atoms with Crippen molar-refractivity contribution >= 4 is 27.5 Å². The maximum absolute atomic E-state index is 9.69. The molecular weight excluding hydrogens is 267 g/mol. The first-order valence-corrected chi connectivity index (χ1v) is 5.44. The Morgan fingerprint density at radius 2 is 2.14 bits per heavy atom. The molecule has 0 fully saturated rings. The molecule has 4 heteroatoms. The summed E-state index contributed by atoms with van der Waals surface area (Å²) in [6, 6.07) is 5.40. The van der Waals surface area contributed by atoms with Crippen LogP contribution in [-0.4, -0.2) is 17.6 Å². The third kappa shape index (κ3) is 2.62. The Morgan fingerprint density at radius 3 is 2.57 bits per heavy atom. The number of hydrogen-bond donors (Lipinski definition) is 1. The second-order valence-corrected chi connectivity index (χ2v) is 4.56. The third-order valence-corrected chi connectivity index (χ3v) is 2.81. The van der Waals surface area contributed by atoms with E-state index in [0.717, 1.165) is 15.8 Å². The summed E-state index contributed by atoms with van der Waals surface area (Å²) in [4.78, 5) is 0. The van der Waals surface area contributed by atoms with Crippen molar-refractivity contribution in [3.63, 3.8) is 0 Å². The molecular formula is C10H12BrClO2. The largest absolute Gasteiger partial charge is 0.496 e. The van der Waals surface area contributed by atoms with Crippen LogP contribution in [0.2, 0.25) is 0 Å². The summed E-state index contributed by atoms with van der Waals surface area (Å²) in [5, 5.41) is 9.38. The fourth-order valence-electron chi connectivity index (χ4n) is 1.13. The number of ether oxygens (including phenoxy) is 1. The van der Waals surface area contributed by atoms with E-state index in [1.165, 1.54) is 0 Å². The van der Waals surface area contributed by atoms with E-state index in [9.17, 15) is 5.11 Å². The second kappa shape index (κ2) is 5.01. The average Bonchev–Trinajstić information content (AvgIpc) is 2.16. The maximum atomic E-state index is 9.69. The molecule has 2 unspecified atom stereocenters. The minimum atomic E-state index is -0.654.